The van der Waals surface area contributed by atoms with Crippen molar-refractivity contribution in [1.29, 1.82) is 0 Å². The average molecular weight is 504 g/mol. The predicted octanol–water partition coefficient (Wildman–Crippen LogP) is 3.30. The van der Waals surface area contributed by atoms with Gasteiger partial charge >= 0.3 is 5.97 Å². The second kappa shape index (κ2) is 9.50. The lowest BCUT2D eigenvalue weighted by Gasteiger charge is -2.26. The normalized spacial score (nSPS) is 15.6. The van der Waals surface area contributed by atoms with E-state index in [4.69, 9.17) is 14.2 Å². The Kier molecular flexibility index (Phi) is 6.24. The molecule has 1 N–H and O–H groups in total. The maximum absolute atomic E-state index is 13.9. The van der Waals surface area contributed by atoms with Crippen LogP contribution in [-0.2, 0) is 9.53 Å². The smallest absolute Gasteiger partial charge is 0.338 e. The number of allylic oxidation sites excluding steroid dienone is 1. The maximum Gasteiger partial charge on any atom is 0.338 e. The van der Waals surface area contributed by atoms with Gasteiger partial charge in [0.15, 0.2) is 4.80 Å². The molecular weight excluding hydrogens is 478 g/mol. The summed E-state index contributed by atoms with van der Waals surface area (Å²) in [6.45, 7) is 3.69. The number of aromatic nitrogens is 2. The number of H-pyrrole nitrogens is 1. The predicted molar refractivity (Wildman–Crippen MR) is 138 cm³/mol. The van der Waals surface area contributed by atoms with Crippen molar-refractivity contribution in [3.05, 3.63) is 90.7 Å². The highest BCUT2D eigenvalue weighted by Gasteiger charge is 2.35. The minimum Gasteiger partial charge on any atom is -0.497 e. The lowest BCUT2D eigenvalue weighted by Crippen LogP contribution is -2.40. The molecule has 0 aliphatic carbocycles. The number of benzene rings is 2. The molecule has 5 rings (SSSR count). The third-order valence-electron chi connectivity index (χ3n) is 6.16. The monoisotopic (exact) mass is 503 g/mol. The minimum atomic E-state index is -0.796. The lowest BCUT2D eigenvalue weighted by atomic mass is 9.94. The first-order valence-corrected chi connectivity index (χ1v) is 12.3. The van der Waals surface area contributed by atoms with Crippen LogP contribution in [-0.4, -0.2) is 36.3 Å². The molecule has 9 heteroatoms. The number of hydrogen-bond acceptors (Lipinski definition) is 7. The summed E-state index contributed by atoms with van der Waals surface area (Å²) in [4.78, 5) is 35.4. The molecule has 0 spiro atoms. The SMILES string of the molecule is CCOC(=O)C1=C(C)N=c2s/c(=C/c3c[nH]c4ccccc34)c(=O)n2C1c1cc(OC)ccc1OC. The molecule has 0 saturated carbocycles. The molecule has 36 heavy (non-hydrogen) atoms. The first kappa shape index (κ1) is 23.6. The standard InChI is InChI=1S/C27H25N3O5S/c1-5-35-26(32)23-15(2)29-27-30(24(23)19-13-17(33-3)10-11-21(19)34-4)25(31)22(36-27)12-16-14-28-20-9-7-6-8-18(16)20/h6-14,24,28H,5H2,1-4H3/b22-12+. The maximum atomic E-state index is 13.9. The van der Waals surface area contributed by atoms with Gasteiger partial charge in [0, 0.05) is 28.2 Å². The lowest BCUT2D eigenvalue weighted by molar-refractivity contribution is -0.139. The molecule has 2 aromatic carbocycles. The van der Waals surface area contributed by atoms with Gasteiger partial charge in [0.1, 0.15) is 17.5 Å². The zero-order valence-electron chi connectivity index (χ0n) is 20.3. The van der Waals surface area contributed by atoms with Gasteiger partial charge in [0.2, 0.25) is 0 Å². The van der Waals surface area contributed by atoms with E-state index in [1.807, 2.05) is 36.5 Å². The number of fused-ring (bicyclic) bond motifs is 2. The zero-order valence-corrected chi connectivity index (χ0v) is 21.1. The summed E-state index contributed by atoms with van der Waals surface area (Å²) in [7, 11) is 3.11. The van der Waals surface area contributed by atoms with Gasteiger partial charge in [0.25, 0.3) is 5.56 Å². The highest BCUT2D eigenvalue weighted by molar-refractivity contribution is 7.07. The molecule has 8 nitrogen and oxygen atoms in total. The van der Waals surface area contributed by atoms with Crippen LogP contribution in [0.3, 0.4) is 0 Å². The summed E-state index contributed by atoms with van der Waals surface area (Å²) in [6.07, 6.45) is 3.73. The number of para-hydroxylation sites is 1. The van der Waals surface area contributed by atoms with Gasteiger partial charge in [0.05, 0.1) is 36.6 Å². The quantitative estimate of drug-likeness (QED) is 0.408. The van der Waals surface area contributed by atoms with Gasteiger partial charge in [-0.1, -0.05) is 29.5 Å². The Hall–Kier alpha value is -4.11. The summed E-state index contributed by atoms with van der Waals surface area (Å²) in [5, 5.41) is 1.01. The van der Waals surface area contributed by atoms with E-state index in [0.717, 1.165) is 16.5 Å². The second-order valence-electron chi connectivity index (χ2n) is 8.20. The number of methoxy groups -OCH3 is 2. The van der Waals surface area contributed by atoms with E-state index in [1.54, 1.807) is 50.8 Å². The van der Waals surface area contributed by atoms with Crippen LogP contribution >= 0.6 is 11.3 Å². The van der Waals surface area contributed by atoms with E-state index in [1.165, 1.54) is 11.3 Å². The second-order valence-corrected chi connectivity index (χ2v) is 9.21. The fourth-order valence-corrected chi connectivity index (χ4v) is 5.53. The zero-order chi connectivity index (χ0) is 25.4. The number of rotatable bonds is 6. The van der Waals surface area contributed by atoms with Gasteiger partial charge in [-0.25, -0.2) is 9.79 Å². The molecule has 0 bridgehead atoms. The Labute approximate surface area is 210 Å². The Morgan fingerprint density at radius 2 is 2.00 bits per heavy atom. The molecule has 2 aromatic heterocycles. The Morgan fingerprint density at radius 3 is 2.75 bits per heavy atom. The number of ether oxygens (including phenoxy) is 3. The number of esters is 1. The number of nitrogens with zero attached hydrogens (tertiary/aromatic N) is 2. The summed E-state index contributed by atoms with van der Waals surface area (Å²) in [5.41, 5.74) is 3.00. The third kappa shape index (κ3) is 3.91. The molecule has 184 valence electrons. The van der Waals surface area contributed by atoms with Crippen molar-refractivity contribution in [1.82, 2.24) is 9.55 Å². The number of thiazole rings is 1. The Balaban J connectivity index is 1.78. The van der Waals surface area contributed by atoms with Gasteiger partial charge in [-0.3, -0.25) is 9.36 Å². The molecular formula is C27H25N3O5S. The van der Waals surface area contributed by atoms with Crippen LogP contribution in [0.15, 0.2) is 69.7 Å². The van der Waals surface area contributed by atoms with E-state index in [9.17, 15) is 9.59 Å². The average Bonchev–Trinajstić information content (AvgIpc) is 3.43. The van der Waals surface area contributed by atoms with Crippen molar-refractivity contribution in [2.75, 3.05) is 20.8 Å². The molecule has 0 radical (unpaired) electrons. The van der Waals surface area contributed by atoms with Crippen molar-refractivity contribution in [2.24, 2.45) is 4.99 Å². The molecule has 0 amide bonds. The molecule has 4 aromatic rings. The summed E-state index contributed by atoms with van der Waals surface area (Å²) < 4.78 is 18.5. The Bertz CT molecular complexity index is 1690. The fraction of sp³-hybridized carbons (Fsp3) is 0.222. The van der Waals surface area contributed by atoms with Gasteiger partial charge in [-0.15, -0.1) is 0 Å². The number of carbonyl (C=O) groups is 1. The van der Waals surface area contributed by atoms with Crippen LogP contribution in [0.4, 0.5) is 0 Å². The van der Waals surface area contributed by atoms with Crippen molar-refractivity contribution in [3.8, 4) is 11.5 Å². The molecule has 1 aliphatic heterocycles. The first-order valence-electron chi connectivity index (χ1n) is 11.4. The summed E-state index contributed by atoms with van der Waals surface area (Å²) >= 11 is 1.28. The molecule has 1 aliphatic rings. The highest BCUT2D eigenvalue weighted by Crippen LogP contribution is 2.37. The first-order chi connectivity index (χ1) is 17.5. The molecule has 0 saturated heterocycles. The van der Waals surface area contributed by atoms with Gasteiger partial charge < -0.3 is 19.2 Å². The topological polar surface area (TPSA) is 94.9 Å². The highest BCUT2D eigenvalue weighted by atomic mass is 32.1. The fourth-order valence-electron chi connectivity index (χ4n) is 4.49. The molecule has 0 fully saturated rings. The molecule has 1 atom stereocenters. The van der Waals surface area contributed by atoms with E-state index < -0.39 is 12.0 Å². The van der Waals surface area contributed by atoms with Crippen molar-refractivity contribution in [3.63, 3.8) is 0 Å². The number of nitrogens with one attached hydrogen (secondary N) is 1. The van der Waals surface area contributed by atoms with Crippen molar-refractivity contribution >= 4 is 34.3 Å². The van der Waals surface area contributed by atoms with E-state index >= 15 is 0 Å². The van der Waals surface area contributed by atoms with Crippen LogP contribution < -0.4 is 24.4 Å². The number of aromatic amines is 1. The Morgan fingerprint density at radius 1 is 1.19 bits per heavy atom. The largest absolute Gasteiger partial charge is 0.497 e. The van der Waals surface area contributed by atoms with Crippen molar-refractivity contribution in [2.45, 2.75) is 19.9 Å². The molecule has 3 heterocycles. The van der Waals surface area contributed by atoms with E-state index in [2.05, 4.69) is 9.98 Å². The van der Waals surface area contributed by atoms with Crippen LogP contribution in [0.1, 0.15) is 31.0 Å². The van der Waals surface area contributed by atoms with Gasteiger partial charge in [-0.2, -0.15) is 0 Å². The summed E-state index contributed by atoms with van der Waals surface area (Å²) in [6, 6.07) is 12.4. The van der Waals surface area contributed by atoms with Crippen LogP contribution in [0.25, 0.3) is 17.0 Å². The van der Waals surface area contributed by atoms with E-state index in [0.29, 0.717) is 32.1 Å². The van der Waals surface area contributed by atoms with Crippen molar-refractivity contribution < 1.29 is 19.0 Å². The van der Waals surface area contributed by atoms with E-state index in [-0.39, 0.29) is 17.7 Å². The van der Waals surface area contributed by atoms with Crippen LogP contribution in [0.5, 0.6) is 11.5 Å². The van der Waals surface area contributed by atoms with Gasteiger partial charge in [-0.05, 0) is 44.2 Å². The number of carbonyl (C=O) groups excluding carboxylic acids is 1. The van der Waals surface area contributed by atoms with Crippen LogP contribution in [0.2, 0.25) is 0 Å². The summed E-state index contributed by atoms with van der Waals surface area (Å²) in [5.74, 6) is 0.563. The third-order valence-corrected chi connectivity index (χ3v) is 7.14. The minimum absolute atomic E-state index is 0.197. The number of hydrogen-bond donors (Lipinski definition) is 1. The van der Waals surface area contributed by atoms with Crippen LogP contribution in [0, 0.1) is 0 Å². The molecule has 1 unspecified atom stereocenters.